The van der Waals surface area contributed by atoms with E-state index in [0.717, 1.165) is 43.7 Å². The highest BCUT2D eigenvalue weighted by atomic mass is 79.9. The zero-order valence-corrected chi connectivity index (χ0v) is 17.3. The van der Waals surface area contributed by atoms with Gasteiger partial charge in [0.05, 0.1) is 11.0 Å². The number of carbonyl (C=O) groups is 1. The topological polar surface area (TPSA) is 46.9 Å². The van der Waals surface area contributed by atoms with E-state index in [4.69, 9.17) is 4.98 Å². The molecule has 1 amide bonds. The van der Waals surface area contributed by atoms with E-state index in [0.29, 0.717) is 0 Å². The molecule has 4 rings (SSSR count). The zero-order chi connectivity index (χ0) is 19.7. The van der Waals surface area contributed by atoms with Gasteiger partial charge in [-0.05, 0) is 61.4 Å². The van der Waals surface area contributed by atoms with Crippen molar-refractivity contribution in [3.05, 3.63) is 82.3 Å². The van der Waals surface area contributed by atoms with Gasteiger partial charge in [-0.2, -0.15) is 0 Å². The molecule has 1 N–H and O–H groups in total. The molecule has 4 aromatic rings. The Morgan fingerprint density at radius 3 is 2.39 bits per heavy atom. The molecule has 0 unspecified atom stereocenters. The van der Waals surface area contributed by atoms with Gasteiger partial charge in [0, 0.05) is 15.7 Å². The highest BCUT2D eigenvalue weighted by Gasteiger charge is 2.15. The van der Waals surface area contributed by atoms with E-state index < -0.39 is 0 Å². The van der Waals surface area contributed by atoms with Crippen molar-refractivity contribution < 1.29 is 4.79 Å². The molecule has 0 aliphatic rings. The smallest absolute Gasteiger partial charge is 0.244 e. The Kier molecular flexibility index (Phi) is 5.01. The second-order valence-electron chi connectivity index (χ2n) is 6.94. The standard InChI is InChI=1S/C23H20BrN3O/c1-15-11-16(2)13-19(12-15)25-22(28)14-27-21-6-4-3-5-20(21)26-23(27)17-7-9-18(24)10-8-17/h3-13H,14H2,1-2H3,(H,25,28). The molecule has 0 atom stereocenters. The third kappa shape index (κ3) is 3.85. The van der Waals surface area contributed by atoms with E-state index in [2.05, 4.69) is 27.3 Å². The minimum atomic E-state index is -0.0773. The van der Waals surface area contributed by atoms with Crippen molar-refractivity contribution >= 4 is 38.6 Å². The van der Waals surface area contributed by atoms with Gasteiger partial charge in [-0.15, -0.1) is 0 Å². The van der Waals surface area contributed by atoms with Crippen LogP contribution in [0.3, 0.4) is 0 Å². The Morgan fingerprint density at radius 1 is 1.00 bits per heavy atom. The summed E-state index contributed by atoms with van der Waals surface area (Å²) in [5, 5.41) is 3.02. The highest BCUT2D eigenvalue weighted by molar-refractivity contribution is 9.10. The van der Waals surface area contributed by atoms with Crippen LogP contribution in [0.5, 0.6) is 0 Å². The summed E-state index contributed by atoms with van der Waals surface area (Å²) in [6, 6.07) is 21.9. The van der Waals surface area contributed by atoms with Crippen LogP contribution in [0.2, 0.25) is 0 Å². The van der Waals surface area contributed by atoms with Crippen LogP contribution in [0.1, 0.15) is 11.1 Å². The molecule has 4 nitrogen and oxygen atoms in total. The number of para-hydroxylation sites is 2. The summed E-state index contributed by atoms with van der Waals surface area (Å²) in [6.45, 7) is 4.24. The van der Waals surface area contributed by atoms with Gasteiger partial charge < -0.3 is 9.88 Å². The lowest BCUT2D eigenvalue weighted by molar-refractivity contribution is -0.116. The number of carbonyl (C=O) groups excluding carboxylic acids is 1. The van der Waals surface area contributed by atoms with E-state index >= 15 is 0 Å². The fourth-order valence-corrected chi connectivity index (χ4v) is 3.71. The van der Waals surface area contributed by atoms with Gasteiger partial charge in [-0.3, -0.25) is 4.79 Å². The molecule has 140 valence electrons. The monoisotopic (exact) mass is 433 g/mol. The quantitative estimate of drug-likeness (QED) is 0.447. The molecule has 0 fully saturated rings. The van der Waals surface area contributed by atoms with Gasteiger partial charge in [0.1, 0.15) is 12.4 Å². The second kappa shape index (κ2) is 7.60. The van der Waals surface area contributed by atoms with Crippen molar-refractivity contribution in [3.8, 4) is 11.4 Å². The number of nitrogens with one attached hydrogen (secondary N) is 1. The Balaban J connectivity index is 1.70. The van der Waals surface area contributed by atoms with Crippen LogP contribution in [0.25, 0.3) is 22.4 Å². The van der Waals surface area contributed by atoms with Crippen LogP contribution >= 0.6 is 15.9 Å². The SMILES string of the molecule is Cc1cc(C)cc(NC(=O)Cn2c(-c3ccc(Br)cc3)nc3ccccc32)c1. The number of fused-ring (bicyclic) bond motifs is 1. The summed E-state index contributed by atoms with van der Waals surface area (Å²) in [7, 11) is 0. The third-order valence-corrected chi connectivity index (χ3v) is 5.09. The maximum atomic E-state index is 12.8. The van der Waals surface area contributed by atoms with Crippen LogP contribution in [0, 0.1) is 13.8 Å². The lowest BCUT2D eigenvalue weighted by Crippen LogP contribution is -2.19. The van der Waals surface area contributed by atoms with Crippen molar-refractivity contribution in [2.45, 2.75) is 20.4 Å². The molecular weight excluding hydrogens is 414 g/mol. The van der Waals surface area contributed by atoms with Crippen molar-refractivity contribution in [3.63, 3.8) is 0 Å². The van der Waals surface area contributed by atoms with E-state index in [-0.39, 0.29) is 12.5 Å². The molecule has 0 saturated heterocycles. The Bertz CT molecular complexity index is 1140. The van der Waals surface area contributed by atoms with E-state index in [1.165, 1.54) is 0 Å². The highest BCUT2D eigenvalue weighted by Crippen LogP contribution is 2.26. The number of amides is 1. The van der Waals surface area contributed by atoms with E-state index in [1.807, 2.05) is 79.1 Å². The number of hydrogen-bond donors (Lipinski definition) is 1. The van der Waals surface area contributed by atoms with Crippen molar-refractivity contribution in [1.82, 2.24) is 9.55 Å². The molecule has 3 aromatic carbocycles. The number of halogens is 1. The fraction of sp³-hybridized carbons (Fsp3) is 0.130. The van der Waals surface area contributed by atoms with Crippen LogP contribution in [-0.2, 0) is 11.3 Å². The lowest BCUT2D eigenvalue weighted by Gasteiger charge is -2.11. The number of anilines is 1. The minimum absolute atomic E-state index is 0.0773. The average molecular weight is 434 g/mol. The number of aryl methyl sites for hydroxylation is 2. The fourth-order valence-electron chi connectivity index (χ4n) is 3.45. The Morgan fingerprint density at radius 2 is 1.68 bits per heavy atom. The van der Waals surface area contributed by atoms with Crippen LogP contribution in [-0.4, -0.2) is 15.5 Å². The van der Waals surface area contributed by atoms with Crippen LogP contribution in [0.15, 0.2) is 71.2 Å². The molecule has 5 heteroatoms. The van der Waals surface area contributed by atoms with Crippen molar-refractivity contribution in [2.75, 3.05) is 5.32 Å². The predicted molar refractivity (Wildman–Crippen MR) is 117 cm³/mol. The summed E-state index contributed by atoms with van der Waals surface area (Å²) < 4.78 is 2.97. The molecule has 1 heterocycles. The average Bonchev–Trinajstić information content (AvgIpc) is 3.00. The van der Waals surface area contributed by atoms with Crippen molar-refractivity contribution in [1.29, 1.82) is 0 Å². The summed E-state index contributed by atoms with van der Waals surface area (Å²) in [6.07, 6.45) is 0. The number of hydrogen-bond acceptors (Lipinski definition) is 2. The molecule has 0 radical (unpaired) electrons. The number of nitrogens with zero attached hydrogens (tertiary/aromatic N) is 2. The van der Waals surface area contributed by atoms with Crippen LogP contribution in [0.4, 0.5) is 5.69 Å². The van der Waals surface area contributed by atoms with Gasteiger partial charge in [-0.1, -0.05) is 46.3 Å². The normalized spacial score (nSPS) is 11.0. The first kappa shape index (κ1) is 18.4. The Hall–Kier alpha value is -2.92. The molecule has 0 spiro atoms. The van der Waals surface area contributed by atoms with E-state index in [9.17, 15) is 4.79 Å². The molecular formula is C23H20BrN3O. The maximum absolute atomic E-state index is 12.8. The first-order chi connectivity index (χ1) is 13.5. The first-order valence-corrected chi connectivity index (χ1v) is 9.88. The van der Waals surface area contributed by atoms with Crippen LogP contribution < -0.4 is 5.32 Å². The Labute approximate surface area is 172 Å². The summed E-state index contributed by atoms with van der Waals surface area (Å²) in [5.74, 6) is 0.704. The minimum Gasteiger partial charge on any atom is -0.325 e. The second-order valence-corrected chi connectivity index (χ2v) is 7.86. The van der Waals surface area contributed by atoms with Gasteiger partial charge in [0.15, 0.2) is 0 Å². The summed E-state index contributed by atoms with van der Waals surface area (Å²) >= 11 is 3.47. The number of rotatable bonds is 4. The van der Waals surface area contributed by atoms with Gasteiger partial charge in [0.25, 0.3) is 0 Å². The summed E-state index contributed by atoms with van der Waals surface area (Å²) in [5.41, 5.74) is 5.85. The molecule has 0 saturated carbocycles. The third-order valence-electron chi connectivity index (χ3n) is 4.56. The molecule has 1 aromatic heterocycles. The van der Waals surface area contributed by atoms with E-state index in [1.54, 1.807) is 0 Å². The zero-order valence-electron chi connectivity index (χ0n) is 15.7. The van der Waals surface area contributed by atoms with Gasteiger partial charge >= 0.3 is 0 Å². The van der Waals surface area contributed by atoms with Gasteiger partial charge in [-0.25, -0.2) is 4.98 Å². The van der Waals surface area contributed by atoms with Gasteiger partial charge in [0.2, 0.25) is 5.91 Å². The largest absolute Gasteiger partial charge is 0.325 e. The van der Waals surface area contributed by atoms with Crippen molar-refractivity contribution in [2.24, 2.45) is 0 Å². The number of imidazole rings is 1. The molecule has 0 aliphatic heterocycles. The first-order valence-electron chi connectivity index (χ1n) is 9.09. The molecule has 0 aliphatic carbocycles. The summed E-state index contributed by atoms with van der Waals surface area (Å²) in [4.78, 5) is 17.6. The lowest BCUT2D eigenvalue weighted by atomic mass is 10.1. The molecule has 28 heavy (non-hydrogen) atoms. The maximum Gasteiger partial charge on any atom is 0.244 e. The number of aromatic nitrogens is 2. The molecule has 0 bridgehead atoms. The number of benzene rings is 3. The predicted octanol–water partition coefficient (Wildman–Crippen LogP) is 5.72.